The van der Waals surface area contributed by atoms with Crippen molar-refractivity contribution in [1.82, 2.24) is 0 Å². The number of morpholine rings is 1. The van der Waals surface area contributed by atoms with E-state index in [0.29, 0.717) is 6.42 Å². The molecule has 1 aliphatic heterocycles. The SMILES string of the molecule is N[C@@H](CC(=O)O)Cc1ccc(N2CCOCC2)cc1. The van der Waals surface area contributed by atoms with Crippen LogP contribution < -0.4 is 10.6 Å². The molecule has 1 aromatic rings. The summed E-state index contributed by atoms with van der Waals surface area (Å²) in [5.74, 6) is -0.850. The van der Waals surface area contributed by atoms with E-state index >= 15 is 0 Å². The maximum Gasteiger partial charge on any atom is 0.304 e. The van der Waals surface area contributed by atoms with E-state index in [1.54, 1.807) is 0 Å². The molecular weight excluding hydrogens is 244 g/mol. The molecule has 5 heteroatoms. The Morgan fingerprint density at radius 1 is 1.32 bits per heavy atom. The first kappa shape index (κ1) is 13.8. The van der Waals surface area contributed by atoms with Gasteiger partial charge in [-0.1, -0.05) is 12.1 Å². The highest BCUT2D eigenvalue weighted by atomic mass is 16.5. The van der Waals surface area contributed by atoms with Crippen LogP contribution in [0.25, 0.3) is 0 Å². The van der Waals surface area contributed by atoms with E-state index in [-0.39, 0.29) is 12.5 Å². The van der Waals surface area contributed by atoms with E-state index in [4.69, 9.17) is 15.6 Å². The minimum atomic E-state index is -0.850. The van der Waals surface area contributed by atoms with E-state index in [1.807, 2.05) is 12.1 Å². The number of anilines is 1. The Bertz CT molecular complexity index is 413. The lowest BCUT2D eigenvalue weighted by atomic mass is 10.0. The van der Waals surface area contributed by atoms with Gasteiger partial charge in [0.15, 0.2) is 0 Å². The van der Waals surface area contributed by atoms with Gasteiger partial charge in [-0.05, 0) is 24.1 Å². The van der Waals surface area contributed by atoms with Crippen molar-refractivity contribution in [3.63, 3.8) is 0 Å². The first-order valence-corrected chi connectivity index (χ1v) is 6.54. The van der Waals surface area contributed by atoms with Gasteiger partial charge in [0.05, 0.1) is 19.6 Å². The van der Waals surface area contributed by atoms with Gasteiger partial charge in [-0.3, -0.25) is 4.79 Å². The zero-order valence-electron chi connectivity index (χ0n) is 10.9. The van der Waals surface area contributed by atoms with Gasteiger partial charge in [-0.25, -0.2) is 0 Å². The largest absolute Gasteiger partial charge is 0.481 e. The Morgan fingerprint density at radius 2 is 1.95 bits per heavy atom. The molecule has 1 saturated heterocycles. The molecule has 1 fully saturated rings. The zero-order chi connectivity index (χ0) is 13.7. The van der Waals surface area contributed by atoms with E-state index in [1.165, 1.54) is 5.69 Å². The van der Waals surface area contributed by atoms with Gasteiger partial charge in [0.25, 0.3) is 0 Å². The summed E-state index contributed by atoms with van der Waals surface area (Å²) in [6.07, 6.45) is 0.598. The molecule has 0 amide bonds. The Labute approximate surface area is 113 Å². The van der Waals surface area contributed by atoms with Gasteiger partial charge in [-0.2, -0.15) is 0 Å². The molecule has 104 valence electrons. The first-order valence-electron chi connectivity index (χ1n) is 6.54. The molecule has 0 unspecified atom stereocenters. The topological polar surface area (TPSA) is 75.8 Å². The first-order chi connectivity index (χ1) is 9.15. The number of hydrogen-bond donors (Lipinski definition) is 2. The lowest BCUT2D eigenvalue weighted by Crippen LogP contribution is -2.36. The summed E-state index contributed by atoms with van der Waals surface area (Å²) in [5, 5.41) is 8.68. The summed E-state index contributed by atoms with van der Waals surface area (Å²) in [7, 11) is 0. The molecule has 0 aromatic heterocycles. The number of carboxylic acids is 1. The van der Waals surface area contributed by atoms with E-state index in [2.05, 4.69) is 17.0 Å². The second-order valence-electron chi connectivity index (χ2n) is 4.83. The number of ether oxygens (including phenoxy) is 1. The second kappa shape index (κ2) is 6.54. The van der Waals surface area contributed by atoms with Crippen molar-refractivity contribution in [3.05, 3.63) is 29.8 Å². The van der Waals surface area contributed by atoms with Gasteiger partial charge in [0.2, 0.25) is 0 Å². The van der Waals surface area contributed by atoms with Crippen molar-refractivity contribution in [2.75, 3.05) is 31.2 Å². The Hall–Kier alpha value is -1.59. The van der Waals surface area contributed by atoms with E-state index in [0.717, 1.165) is 31.9 Å². The molecule has 1 aliphatic rings. The van der Waals surface area contributed by atoms with Crippen molar-refractivity contribution < 1.29 is 14.6 Å². The molecule has 1 heterocycles. The summed E-state index contributed by atoms with van der Waals surface area (Å²) >= 11 is 0. The van der Waals surface area contributed by atoms with Crippen LogP contribution in [0.3, 0.4) is 0 Å². The summed E-state index contributed by atoms with van der Waals surface area (Å²) in [4.78, 5) is 12.8. The third-order valence-corrected chi connectivity index (χ3v) is 3.25. The quantitative estimate of drug-likeness (QED) is 0.825. The van der Waals surface area contributed by atoms with Crippen LogP contribution in [-0.4, -0.2) is 43.4 Å². The van der Waals surface area contributed by atoms with Crippen molar-refractivity contribution in [1.29, 1.82) is 0 Å². The molecule has 1 aromatic carbocycles. The second-order valence-corrected chi connectivity index (χ2v) is 4.83. The highest BCUT2D eigenvalue weighted by Gasteiger charge is 2.12. The van der Waals surface area contributed by atoms with Gasteiger partial charge in [-0.15, -0.1) is 0 Å². The minimum Gasteiger partial charge on any atom is -0.481 e. The van der Waals surface area contributed by atoms with Crippen LogP contribution in [-0.2, 0) is 16.0 Å². The molecule has 0 radical (unpaired) electrons. The van der Waals surface area contributed by atoms with Crippen molar-refractivity contribution in [2.24, 2.45) is 5.73 Å². The van der Waals surface area contributed by atoms with Crippen molar-refractivity contribution >= 4 is 11.7 Å². The summed E-state index contributed by atoms with van der Waals surface area (Å²) in [5.41, 5.74) is 8.03. The van der Waals surface area contributed by atoms with Crippen LogP contribution in [0.15, 0.2) is 24.3 Å². The number of carboxylic acid groups (broad SMARTS) is 1. The van der Waals surface area contributed by atoms with Crippen LogP contribution in [0.2, 0.25) is 0 Å². The van der Waals surface area contributed by atoms with Crippen LogP contribution in [0.4, 0.5) is 5.69 Å². The fourth-order valence-corrected chi connectivity index (χ4v) is 2.26. The van der Waals surface area contributed by atoms with Gasteiger partial charge < -0.3 is 20.5 Å². The number of rotatable bonds is 5. The molecule has 0 saturated carbocycles. The van der Waals surface area contributed by atoms with Crippen LogP contribution in [0.5, 0.6) is 0 Å². The van der Waals surface area contributed by atoms with Crippen LogP contribution >= 0.6 is 0 Å². The maximum absolute atomic E-state index is 10.6. The van der Waals surface area contributed by atoms with Crippen LogP contribution in [0, 0.1) is 0 Å². The predicted molar refractivity (Wildman–Crippen MR) is 73.4 cm³/mol. The van der Waals surface area contributed by atoms with Gasteiger partial charge in [0, 0.05) is 24.8 Å². The average molecular weight is 264 g/mol. The van der Waals surface area contributed by atoms with Crippen LogP contribution in [0.1, 0.15) is 12.0 Å². The van der Waals surface area contributed by atoms with E-state index in [9.17, 15) is 4.79 Å². The Morgan fingerprint density at radius 3 is 2.53 bits per heavy atom. The highest BCUT2D eigenvalue weighted by Crippen LogP contribution is 2.17. The molecule has 0 spiro atoms. The highest BCUT2D eigenvalue weighted by molar-refractivity contribution is 5.67. The van der Waals surface area contributed by atoms with Gasteiger partial charge >= 0.3 is 5.97 Å². The molecule has 2 rings (SSSR count). The fraction of sp³-hybridized carbons (Fsp3) is 0.500. The maximum atomic E-state index is 10.6. The fourth-order valence-electron chi connectivity index (χ4n) is 2.26. The molecule has 3 N–H and O–H groups in total. The summed E-state index contributed by atoms with van der Waals surface area (Å²) in [6, 6.07) is 7.84. The molecule has 5 nitrogen and oxygen atoms in total. The number of benzene rings is 1. The lowest BCUT2D eigenvalue weighted by Gasteiger charge is -2.29. The normalized spacial score (nSPS) is 17.2. The smallest absolute Gasteiger partial charge is 0.304 e. The standard InChI is InChI=1S/C14H20N2O3/c15-12(10-14(17)18)9-11-1-3-13(4-2-11)16-5-7-19-8-6-16/h1-4,12H,5-10,15H2,(H,17,18)/t12-/m1/s1. The number of hydrogen-bond acceptors (Lipinski definition) is 4. The summed E-state index contributed by atoms with van der Waals surface area (Å²) < 4.78 is 5.32. The molecule has 1 atom stereocenters. The Balaban J connectivity index is 1.92. The van der Waals surface area contributed by atoms with E-state index < -0.39 is 5.97 Å². The number of nitrogens with two attached hydrogens (primary N) is 1. The summed E-state index contributed by atoms with van der Waals surface area (Å²) in [6.45, 7) is 3.37. The third-order valence-electron chi connectivity index (χ3n) is 3.25. The number of carbonyl (C=O) groups is 1. The number of aliphatic carboxylic acids is 1. The zero-order valence-corrected chi connectivity index (χ0v) is 10.9. The van der Waals surface area contributed by atoms with Crippen molar-refractivity contribution in [3.8, 4) is 0 Å². The minimum absolute atomic E-state index is 0.00517. The Kier molecular flexibility index (Phi) is 4.76. The monoisotopic (exact) mass is 264 g/mol. The molecule has 19 heavy (non-hydrogen) atoms. The van der Waals surface area contributed by atoms with Crippen molar-refractivity contribution in [2.45, 2.75) is 18.9 Å². The number of nitrogens with zero attached hydrogens (tertiary/aromatic N) is 1. The molecular formula is C14H20N2O3. The molecule has 0 aliphatic carbocycles. The molecule has 0 bridgehead atoms. The third kappa shape index (κ3) is 4.22. The van der Waals surface area contributed by atoms with Gasteiger partial charge in [0.1, 0.15) is 0 Å². The predicted octanol–water partition coefficient (Wildman–Crippen LogP) is 0.868. The lowest BCUT2D eigenvalue weighted by molar-refractivity contribution is -0.137. The average Bonchev–Trinajstić information content (AvgIpc) is 2.39.